The Kier molecular flexibility index (Phi) is 9.95. The van der Waals surface area contributed by atoms with Crippen LogP contribution in [-0.2, 0) is 23.4 Å². The van der Waals surface area contributed by atoms with Crippen LogP contribution in [0, 0.1) is 0 Å². The third kappa shape index (κ3) is 12.3. The molecule has 8 heteroatoms. The highest BCUT2D eigenvalue weighted by molar-refractivity contribution is 7.52. The molecule has 0 aliphatic heterocycles. The molecule has 0 saturated carbocycles. The minimum atomic E-state index is -3.79. The topological polar surface area (TPSA) is 110 Å². The first kappa shape index (κ1) is 19.8. The third-order valence-electron chi connectivity index (χ3n) is 2.52. The molecule has 0 amide bonds. The minimum absolute atomic E-state index is 0.110. The summed E-state index contributed by atoms with van der Waals surface area (Å²) >= 11 is 0. The number of carbonyl (C=O) groups excluding carboxylic acids is 1. The monoisotopic (exact) mass is 322 g/mol. The lowest BCUT2D eigenvalue weighted by atomic mass is 10.2. The molecule has 0 aliphatic rings. The molecule has 0 saturated heterocycles. The van der Waals surface area contributed by atoms with Gasteiger partial charge in [-0.05, 0) is 26.2 Å². The van der Waals surface area contributed by atoms with Crippen LogP contribution in [0.3, 0.4) is 0 Å². The normalized spacial score (nSPS) is 13.4. The summed E-state index contributed by atoms with van der Waals surface area (Å²) in [5.41, 5.74) is 0.364. The minimum Gasteiger partial charge on any atom is -0.481 e. The molecule has 0 fully saturated rings. The van der Waals surface area contributed by atoms with Gasteiger partial charge in [-0.2, -0.15) is 0 Å². The summed E-state index contributed by atoms with van der Waals surface area (Å²) in [4.78, 5) is 30.7. The molecule has 1 unspecified atom stereocenters. The Morgan fingerprint density at radius 1 is 1.14 bits per heavy atom. The molecule has 0 aromatic carbocycles. The van der Waals surface area contributed by atoms with Crippen LogP contribution in [0.1, 0.15) is 39.0 Å². The fourth-order valence-electron chi connectivity index (χ4n) is 1.35. The SMILES string of the molecule is C=C(C)C(=O)OCCCCCCOP(=O)(O)CCC(=O)O. The second-order valence-corrected chi connectivity index (χ2v) is 6.65. The van der Waals surface area contributed by atoms with Crippen molar-refractivity contribution in [1.29, 1.82) is 0 Å². The molecule has 0 bridgehead atoms. The number of aliphatic carboxylic acids is 1. The molecule has 0 heterocycles. The van der Waals surface area contributed by atoms with E-state index in [1.807, 2.05) is 0 Å². The lowest BCUT2D eigenvalue weighted by molar-refractivity contribution is -0.139. The largest absolute Gasteiger partial charge is 0.481 e. The van der Waals surface area contributed by atoms with Crippen molar-refractivity contribution in [2.24, 2.45) is 0 Å². The molecule has 0 aliphatic carbocycles. The number of carbonyl (C=O) groups is 2. The zero-order valence-corrected chi connectivity index (χ0v) is 13.1. The molecule has 122 valence electrons. The number of rotatable bonds is 12. The van der Waals surface area contributed by atoms with Crippen LogP contribution in [0.4, 0.5) is 0 Å². The first-order chi connectivity index (χ1) is 9.74. The van der Waals surface area contributed by atoms with Crippen molar-refractivity contribution in [3.8, 4) is 0 Å². The van der Waals surface area contributed by atoms with Crippen LogP contribution in [0.2, 0.25) is 0 Å². The zero-order valence-electron chi connectivity index (χ0n) is 12.2. The number of hydrogen-bond donors (Lipinski definition) is 2. The number of ether oxygens (including phenoxy) is 1. The molecule has 1 atom stereocenters. The Labute approximate surface area is 124 Å². The average Bonchev–Trinajstić information content (AvgIpc) is 2.39. The Balaban J connectivity index is 3.51. The molecule has 0 rings (SSSR count). The summed E-state index contributed by atoms with van der Waals surface area (Å²) in [5.74, 6) is -1.53. The van der Waals surface area contributed by atoms with E-state index in [0.717, 1.165) is 12.8 Å². The van der Waals surface area contributed by atoms with E-state index in [4.69, 9.17) is 14.4 Å². The van der Waals surface area contributed by atoms with Crippen LogP contribution in [0.15, 0.2) is 12.2 Å². The van der Waals surface area contributed by atoms with Crippen molar-refractivity contribution in [1.82, 2.24) is 0 Å². The summed E-state index contributed by atoms with van der Waals surface area (Å²) < 4.78 is 21.1. The van der Waals surface area contributed by atoms with Gasteiger partial charge in [0.25, 0.3) is 0 Å². The van der Waals surface area contributed by atoms with Crippen molar-refractivity contribution in [2.45, 2.75) is 39.0 Å². The Bertz CT molecular complexity index is 405. The van der Waals surface area contributed by atoms with Crippen molar-refractivity contribution < 1.29 is 33.4 Å². The molecule has 21 heavy (non-hydrogen) atoms. The van der Waals surface area contributed by atoms with Crippen LogP contribution in [-0.4, -0.2) is 41.3 Å². The number of carboxylic acids is 1. The number of esters is 1. The highest BCUT2D eigenvalue weighted by atomic mass is 31.2. The smallest absolute Gasteiger partial charge is 0.333 e. The first-order valence-corrected chi connectivity index (χ1v) is 8.51. The van der Waals surface area contributed by atoms with Gasteiger partial charge in [-0.1, -0.05) is 13.0 Å². The molecule has 7 nitrogen and oxygen atoms in total. The van der Waals surface area contributed by atoms with Gasteiger partial charge in [-0.25, -0.2) is 4.79 Å². The second-order valence-electron chi connectivity index (χ2n) is 4.67. The van der Waals surface area contributed by atoms with E-state index >= 15 is 0 Å². The van der Waals surface area contributed by atoms with E-state index in [9.17, 15) is 19.0 Å². The van der Waals surface area contributed by atoms with Crippen LogP contribution < -0.4 is 0 Å². The number of hydrogen-bond acceptors (Lipinski definition) is 5. The van der Waals surface area contributed by atoms with Gasteiger partial charge in [0.2, 0.25) is 0 Å². The fourth-order valence-corrected chi connectivity index (χ4v) is 2.37. The molecule has 0 spiro atoms. The van der Waals surface area contributed by atoms with Crippen molar-refractivity contribution in [2.75, 3.05) is 19.4 Å². The molecular weight excluding hydrogens is 299 g/mol. The zero-order chi connectivity index (χ0) is 16.3. The van der Waals surface area contributed by atoms with E-state index in [1.54, 1.807) is 6.92 Å². The van der Waals surface area contributed by atoms with Gasteiger partial charge in [0.15, 0.2) is 0 Å². The van der Waals surface area contributed by atoms with Gasteiger partial charge in [0, 0.05) is 5.57 Å². The Morgan fingerprint density at radius 2 is 1.71 bits per heavy atom. The van der Waals surface area contributed by atoms with Crippen molar-refractivity contribution in [3.63, 3.8) is 0 Å². The Morgan fingerprint density at radius 3 is 2.24 bits per heavy atom. The lowest BCUT2D eigenvalue weighted by Crippen LogP contribution is -2.06. The first-order valence-electron chi connectivity index (χ1n) is 6.75. The average molecular weight is 322 g/mol. The van der Waals surface area contributed by atoms with Crippen molar-refractivity contribution >= 4 is 19.5 Å². The van der Waals surface area contributed by atoms with Gasteiger partial charge in [0.1, 0.15) is 0 Å². The van der Waals surface area contributed by atoms with Crippen LogP contribution in [0.5, 0.6) is 0 Å². The standard InChI is InChI=1S/C13H23O7P/c1-11(2)13(16)19-8-5-3-4-6-9-20-21(17,18)10-7-12(14)15/h1,3-10H2,2H3,(H,14,15)(H,17,18). The van der Waals surface area contributed by atoms with Crippen molar-refractivity contribution in [3.05, 3.63) is 12.2 Å². The fraction of sp³-hybridized carbons (Fsp3) is 0.692. The molecule has 2 N–H and O–H groups in total. The van der Waals surface area contributed by atoms with Gasteiger partial charge < -0.3 is 19.3 Å². The van der Waals surface area contributed by atoms with E-state index in [-0.39, 0.29) is 19.2 Å². The van der Waals surface area contributed by atoms with Gasteiger partial charge in [0.05, 0.1) is 25.8 Å². The van der Waals surface area contributed by atoms with E-state index in [2.05, 4.69) is 6.58 Å². The quantitative estimate of drug-likeness (QED) is 0.245. The summed E-state index contributed by atoms with van der Waals surface area (Å²) in [6.07, 6.45) is 2.10. The number of carboxylic acid groups (broad SMARTS) is 1. The van der Waals surface area contributed by atoms with E-state index in [1.165, 1.54) is 0 Å². The molecule has 0 aromatic heterocycles. The van der Waals surface area contributed by atoms with Gasteiger partial charge in [-0.3, -0.25) is 9.36 Å². The Hall–Kier alpha value is -1.17. The maximum absolute atomic E-state index is 11.4. The number of unbranched alkanes of at least 4 members (excludes halogenated alkanes) is 3. The van der Waals surface area contributed by atoms with E-state index in [0.29, 0.717) is 25.0 Å². The molecule has 0 radical (unpaired) electrons. The lowest BCUT2D eigenvalue weighted by Gasteiger charge is -2.10. The maximum Gasteiger partial charge on any atom is 0.333 e. The predicted octanol–water partition coefficient (Wildman–Crippen LogP) is 2.34. The van der Waals surface area contributed by atoms with E-state index < -0.39 is 19.5 Å². The van der Waals surface area contributed by atoms with Gasteiger partial charge in [-0.15, -0.1) is 0 Å². The summed E-state index contributed by atoms with van der Waals surface area (Å²) in [7, 11) is -3.79. The summed E-state index contributed by atoms with van der Waals surface area (Å²) in [6.45, 7) is 5.48. The van der Waals surface area contributed by atoms with Crippen LogP contribution in [0.25, 0.3) is 0 Å². The molecular formula is C13H23O7P. The second kappa shape index (κ2) is 10.5. The highest BCUT2D eigenvalue weighted by Crippen LogP contribution is 2.42. The maximum atomic E-state index is 11.4. The predicted molar refractivity (Wildman–Crippen MR) is 77.1 cm³/mol. The summed E-state index contributed by atoms with van der Waals surface area (Å²) in [6, 6.07) is 0. The molecule has 0 aromatic rings. The summed E-state index contributed by atoms with van der Waals surface area (Å²) in [5, 5.41) is 8.41. The van der Waals surface area contributed by atoms with Crippen LogP contribution >= 0.6 is 7.60 Å². The highest BCUT2D eigenvalue weighted by Gasteiger charge is 2.20. The van der Waals surface area contributed by atoms with Gasteiger partial charge >= 0.3 is 19.5 Å². The third-order valence-corrected chi connectivity index (χ3v) is 3.90.